The third-order valence-corrected chi connectivity index (χ3v) is 3.82. The van der Waals surface area contributed by atoms with Gasteiger partial charge in [-0.2, -0.15) is 0 Å². The molecule has 94 valence electrons. The first-order valence-electron chi connectivity index (χ1n) is 6.41. The van der Waals surface area contributed by atoms with Crippen LogP contribution in [0.2, 0.25) is 0 Å². The molecule has 0 fully saturated rings. The summed E-state index contributed by atoms with van der Waals surface area (Å²) < 4.78 is 0. The van der Waals surface area contributed by atoms with Gasteiger partial charge in [-0.05, 0) is 12.3 Å². The molecule has 0 bridgehead atoms. The van der Waals surface area contributed by atoms with Crippen LogP contribution < -0.4 is 0 Å². The lowest BCUT2D eigenvalue weighted by atomic mass is 9.69. The van der Waals surface area contributed by atoms with Crippen LogP contribution >= 0.6 is 0 Å². The molecule has 0 aromatic heterocycles. The fraction of sp³-hybridized carbons (Fsp3) is 0.176. The van der Waals surface area contributed by atoms with Gasteiger partial charge in [-0.1, -0.05) is 48.6 Å². The molecule has 0 radical (unpaired) electrons. The minimum atomic E-state index is -0.342. The van der Waals surface area contributed by atoms with Crippen molar-refractivity contribution < 1.29 is 9.59 Å². The third-order valence-electron chi connectivity index (χ3n) is 3.82. The molecule has 0 aliphatic heterocycles. The van der Waals surface area contributed by atoms with E-state index in [9.17, 15) is 9.59 Å². The molecule has 1 aromatic rings. The van der Waals surface area contributed by atoms with Gasteiger partial charge in [-0.3, -0.25) is 9.59 Å². The maximum Gasteiger partial charge on any atom is 0.190 e. The van der Waals surface area contributed by atoms with E-state index in [1.54, 1.807) is 36.4 Å². The first kappa shape index (κ1) is 11.8. The Hall–Kier alpha value is -2.22. The third kappa shape index (κ3) is 1.72. The number of carbonyl (C=O) groups is 2. The summed E-state index contributed by atoms with van der Waals surface area (Å²) in [6, 6.07) is 7.08. The summed E-state index contributed by atoms with van der Waals surface area (Å²) in [6.07, 6.45) is 8.16. The molecule has 2 nitrogen and oxygen atoms in total. The molecule has 3 rings (SSSR count). The van der Waals surface area contributed by atoms with Gasteiger partial charge in [0.05, 0.1) is 5.92 Å². The lowest BCUT2D eigenvalue weighted by Crippen LogP contribution is -2.35. The van der Waals surface area contributed by atoms with Gasteiger partial charge < -0.3 is 0 Å². The molecule has 0 heterocycles. The van der Waals surface area contributed by atoms with Gasteiger partial charge in [0.15, 0.2) is 11.6 Å². The summed E-state index contributed by atoms with van der Waals surface area (Å²) >= 11 is 0. The molecule has 2 aliphatic carbocycles. The number of hydrogen-bond acceptors (Lipinski definition) is 2. The second-order valence-electron chi connectivity index (χ2n) is 4.91. The lowest BCUT2D eigenvalue weighted by Gasteiger charge is -2.31. The molecular formula is C17H14O2. The number of carbonyl (C=O) groups excluding carboxylic acids is 2. The molecule has 19 heavy (non-hydrogen) atoms. The fourth-order valence-corrected chi connectivity index (χ4v) is 2.93. The van der Waals surface area contributed by atoms with Crippen molar-refractivity contribution in [1.29, 1.82) is 0 Å². The number of allylic oxidation sites excluding steroid dienone is 5. The summed E-state index contributed by atoms with van der Waals surface area (Å²) in [7, 11) is 0. The minimum Gasteiger partial charge on any atom is -0.293 e. The zero-order valence-electron chi connectivity index (χ0n) is 10.5. The van der Waals surface area contributed by atoms with Crippen LogP contribution in [0.4, 0.5) is 0 Å². The molecule has 0 N–H and O–H groups in total. The van der Waals surface area contributed by atoms with Crippen LogP contribution in [0.15, 0.2) is 60.7 Å². The molecule has 2 heteroatoms. The first-order valence-corrected chi connectivity index (χ1v) is 6.41. The molecule has 0 spiro atoms. The number of Topliss-reactive ketones (excluding diaryl/α,β-unsaturated/α-hetero) is 2. The molecule has 2 unspecified atom stereocenters. The van der Waals surface area contributed by atoms with Gasteiger partial charge in [0.25, 0.3) is 0 Å². The molecule has 0 amide bonds. The average Bonchev–Trinajstić information content (AvgIpc) is 2.45. The summed E-state index contributed by atoms with van der Waals surface area (Å²) in [4.78, 5) is 25.1. The van der Waals surface area contributed by atoms with E-state index in [1.165, 1.54) is 0 Å². The Morgan fingerprint density at radius 1 is 1.16 bits per heavy atom. The van der Waals surface area contributed by atoms with Crippen LogP contribution in [0.5, 0.6) is 0 Å². The van der Waals surface area contributed by atoms with Crippen molar-refractivity contribution in [1.82, 2.24) is 0 Å². The van der Waals surface area contributed by atoms with Crippen molar-refractivity contribution in [3.05, 3.63) is 71.8 Å². The normalized spacial score (nSPS) is 24.5. The van der Waals surface area contributed by atoms with E-state index in [-0.39, 0.29) is 23.4 Å². The Morgan fingerprint density at radius 3 is 2.63 bits per heavy atom. The van der Waals surface area contributed by atoms with E-state index in [0.717, 1.165) is 0 Å². The highest BCUT2D eigenvalue weighted by Crippen LogP contribution is 2.38. The van der Waals surface area contributed by atoms with Crippen molar-refractivity contribution in [2.24, 2.45) is 11.8 Å². The van der Waals surface area contributed by atoms with Crippen LogP contribution in [0, 0.1) is 11.8 Å². The second-order valence-corrected chi connectivity index (χ2v) is 4.91. The van der Waals surface area contributed by atoms with Gasteiger partial charge in [0.1, 0.15) is 0 Å². The monoisotopic (exact) mass is 250 g/mol. The number of hydrogen-bond donors (Lipinski definition) is 0. The second kappa shape index (κ2) is 4.47. The van der Waals surface area contributed by atoms with Crippen LogP contribution in [-0.2, 0) is 0 Å². The summed E-state index contributed by atoms with van der Waals surface area (Å²) in [5.41, 5.74) is 1.71. The minimum absolute atomic E-state index is 0.0152. The topological polar surface area (TPSA) is 34.1 Å². The van der Waals surface area contributed by atoms with Crippen molar-refractivity contribution >= 4 is 11.6 Å². The van der Waals surface area contributed by atoms with Crippen LogP contribution in [0.3, 0.4) is 0 Å². The average molecular weight is 250 g/mol. The number of ketones is 2. The molecular weight excluding hydrogens is 236 g/mol. The van der Waals surface area contributed by atoms with Crippen molar-refractivity contribution in [2.45, 2.75) is 6.42 Å². The van der Waals surface area contributed by atoms with E-state index < -0.39 is 0 Å². The maximum absolute atomic E-state index is 12.6. The van der Waals surface area contributed by atoms with Gasteiger partial charge in [0, 0.05) is 16.7 Å². The van der Waals surface area contributed by atoms with Crippen molar-refractivity contribution in [3.8, 4) is 0 Å². The van der Waals surface area contributed by atoms with E-state index >= 15 is 0 Å². The quantitative estimate of drug-likeness (QED) is 0.754. The Morgan fingerprint density at radius 2 is 1.89 bits per heavy atom. The molecule has 1 aromatic carbocycles. The van der Waals surface area contributed by atoms with E-state index in [1.807, 2.05) is 12.2 Å². The van der Waals surface area contributed by atoms with E-state index in [4.69, 9.17) is 0 Å². The summed E-state index contributed by atoms with van der Waals surface area (Å²) in [5, 5.41) is 0. The predicted molar refractivity (Wildman–Crippen MR) is 74.1 cm³/mol. The summed E-state index contributed by atoms with van der Waals surface area (Å²) in [6.45, 7) is 3.73. The van der Waals surface area contributed by atoms with Gasteiger partial charge in [-0.15, -0.1) is 6.58 Å². The maximum atomic E-state index is 12.6. The molecule has 0 saturated heterocycles. The number of benzene rings is 1. The van der Waals surface area contributed by atoms with Crippen molar-refractivity contribution in [2.75, 3.05) is 0 Å². The Kier molecular flexibility index (Phi) is 2.79. The highest BCUT2D eigenvalue weighted by Gasteiger charge is 2.40. The molecule has 2 aliphatic rings. The number of fused-ring (bicyclic) bond motifs is 2. The predicted octanol–water partition coefficient (Wildman–Crippen LogP) is 3.37. The Bertz CT molecular complexity index is 634. The lowest BCUT2D eigenvalue weighted by molar-refractivity contribution is 0.0856. The van der Waals surface area contributed by atoms with Crippen LogP contribution in [0.1, 0.15) is 27.1 Å². The van der Waals surface area contributed by atoms with Gasteiger partial charge in [0.2, 0.25) is 0 Å². The highest BCUT2D eigenvalue weighted by molar-refractivity contribution is 6.23. The summed E-state index contributed by atoms with van der Waals surface area (Å²) in [5.74, 6) is -0.260. The smallest absolute Gasteiger partial charge is 0.190 e. The standard InChI is InChI=1S/C17H14O2/c1-2-6-11-7-5-10-14-15(11)17(19)13-9-4-3-8-12(13)16(14)18/h2-5,7-11,15H,1,6H2. The van der Waals surface area contributed by atoms with Gasteiger partial charge >= 0.3 is 0 Å². The molecule has 0 saturated carbocycles. The zero-order valence-corrected chi connectivity index (χ0v) is 10.5. The van der Waals surface area contributed by atoms with Crippen LogP contribution in [0.25, 0.3) is 0 Å². The van der Waals surface area contributed by atoms with Gasteiger partial charge in [-0.25, -0.2) is 0 Å². The zero-order chi connectivity index (χ0) is 13.4. The largest absolute Gasteiger partial charge is 0.293 e. The van der Waals surface area contributed by atoms with E-state index in [0.29, 0.717) is 23.1 Å². The fourth-order valence-electron chi connectivity index (χ4n) is 2.93. The van der Waals surface area contributed by atoms with Crippen molar-refractivity contribution in [3.63, 3.8) is 0 Å². The Balaban J connectivity index is 2.15. The number of rotatable bonds is 2. The van der Waals surface area contributed by atoms with Crippen LogP contribution in [-0.4, -0.2) is 11.6 Å². The highest BCUT2D eigenvalue weighted by atomic mass is 16.1. The Labute approximate surface area is 112 Å². The van der Waals surface area contributed by atoms with E-state index in [2.05, 4.69) is 6.58 Å². The molecule has 2 atom stereocenters. The SMILES string of the molecule is C=CCC1C=CC=C2C(=O)c3ccccc3C(=O)C21. The first-order chi connectivity index (χ1) is 9.24.